The number of aromatic nitrogens is 1. The Hall–Kier alpha value is -0.940. The summed E-state index contributed by atoms with van der Waals surface area (Å²) in [6, 6.07) is 0. The van der Waals surface area contributed by atoms with Crippen LogP contribution >= 0.6 is 11.3 Å². The zero-order valence-electron chi connectivity index (χ0n) is 8.90. The second kappa shape index (κ2) is 3.28. The van der Waals surface area contributed by atoms with Crippen molar-refractivity contribution in [2.75, 3.05) is 0 Å². The normalized spacial score (nSPS) is 22.8. The lowest BCUT2D eigenvalue weighted by Gasteiger charge is -2.35. The first-order valence-electron chi connectivity index (χ1n) is 5.63. The number of aromatic carboxylic acids is 1. The minimum absolute atomic E-state index is 0.331. The molecule has 0 atom stereocenters. The van der Waals surface area contributed by atoms with Crippen LogP contribution in [0.3, 0.4) is 0 Å². The van der Waals surface area contributed by atoms with Crippen molar-refractivity contribution >= 4 is 17.3 Å². The van der Waals surface area contributed by atoms with E-state index in [0.29, 0.717) is 10.8 Å². The highest BCUT2D eigenvalue weighted by Crippen LogP contribution is 2.46. The van der Waals surface area contributed by atoms with E-state index >= 15 is 0 Å². The molecule has 3 rings (SSSR count). The van der Waals surface area contributed by atoms with E-state index < -0.39 is 5.97 Å². The number of carbonyl (C=O) groups is 1. The summed E-state index contributed by atoms with van der Waals surface area (Å²) in [4.78, 5) is 16.0. The summed E-state index contributed by atoms with van der Waals surface area (Å²) in [5.41, 5.74) is 6.63. The fourth-order valence-electron chi connectivity index (χ4n) is 2.10. The van der Waals surface area contributed by atoms with Gasteiger partial charge in [-0.05, 0) is 32.1 Å². The van der Waals surface area contributed by atoms with E-state index in [1.54, 1.807) is 0 Å². The Labute approximate surface area is 97.5 Å². The Balaban J connectivity index is 2.01. The van der Waals surface area contributed by atoms with Gasteiger partial charge in [-0.15, -0.1) is 11.3 Å². The Morgan fingerprint density at radius 3 is 2.62 bits per heavy atom. The molecule has 4 nitrogen and oxygen atoms in total. The molecule has 2 aliphatic rings. The standard InChI is InChI=1S/C11H14N2O2S/c12-11(4-1-5-11)10-13-7(6-2-3-6)8(16-10)9(14)15/h6H,1-5,12H2,(H,14,15). The number of rotatable bonds is 3. The van der Waals surface area contributed by atoms with Crippen LogP contribution in [0.2, 0.25) is 0 Å². The molecule has 2 aliphatic carbocycles. The number of carboxylic acids is 1. The highest BCUT2D eigenvalue weighted by Gasteiger charge is 2.40. The van der Waals surface area contributed by atoms with Crippen LogP contribution in [0.4, 0.5) is 0 Å². The lowest BCUT2D eigenvalue weighted by atomic mass is 9.78. The Kier molecular flexibility index (Phi) is 2.09. The minimum atomic E-state index is -0.853. The number of nitrogens with zero attached hydrogens (tertiary/aromatic N) is 1. The van der Waals surface area contributed by atoms with Gasteiger partial charge in [0, 0.05) is 5.92 Å². The third kappa shape index (κ3) is 1.46. The van der Waals surface area contributed by atoms with E-state index in [1.807, 2.05) is 0 Å². The first-order valence-corrected chi connectivity index (χ1v) is 6.45. The van der Waals surface area contributed by atoms with E-state index in [4.69, 9.17) is 10.8 Å². The zero-order valence-corrected chi connectivity index (χ0v) is 9.72. The van der Waals surface area contributed by atoms with Gasteiger partial charge in [0.05, 0.1) is 11.2 Å². The SMILES string of the molecule is NC1(c2nc(C3CC3)c(C(=O)O)s2)CCC1. The maximum absolute atomic E-state index is 11.1. The van der Waals surface area contributed by atoms with Gasteiger partial charge in [-0.25, -0.2) is 9.78 Å². The van der Waals surface area contributed by atoms with Crippen LogP contribution in [0.1, 0.15) is 58.4 Å². The molecular weight excluding hydrogens is 224 g/mol. The van der Waals surface area contributed by atoms with Crippen molar-refractivity contribution in [3.05, 3.63) is 15.6 Å². The molecule has 0 spiro atoms. The van der Waals surface area contributed by atoms with E-state index in [2.05, 4.69) is 4.98 Å². The van der Waals surface area contributed by atoms with Crippen molar-refractivity contribution in [1.82, 2.24) is 4.98 Å². The fourth-order valence-corrected chi connectivity index (χ4v) is 3.25. The van der Waals surface area contributed by atoms with Gasteiger partial charge in [0.15, 0.2) is 0 Å². The first-order chi connectivity index (χ1) is 7.60. The Morgan fingerprint density at radius 1 is 1.50 bits per heavy atom. The first kappa shape index (κ1) is 10.2. The van der Waals surface area contributed by atoms with E-state index in [0.717, 1.165) is 42.8 Å². The van der Waals surface area contributed by atoms with Gasteiger partial charge < -0.3 is 10.8 Å². The molecule has 0 unspecified atom stereocenters. The van der Waals surface area contributed by atoms with Gasteiger partial charge >= 0.3 is 5.97 Å². The van der Waals surface area contributed by atoms with E-state index in [-0.39, 0.29) is 5.54 Å². The lowest BCUT2D eigenvalue weighted by molar-refractivity contribution is 0.0700. The topological polar surface area (TPSA) is 76.2 Å². The number of carboxylic acid groups (broad SMARTS) is 1. The van der Waals surface area contributed by atoms with Crippen molar-refractivity contribution in [1.29, 1.82) is 0 Å². The molecule has 1 aromatic rings. The molecule has 16 heavy (non-hydrogen) atoms. The smallest absolute Gasteiger partial charge is 0.347 e. The molecule has 5 heteroatoms. The molecule has 2 fully saturated rings. The fraction of sp³-hybridized carbons (Fsp3) is 0.636. The van der Waals surface area contributed by atoms with Crippen LogP contribution in [-0.2, 0) is 5.54 Å². The Morgan fingerprint density at radius 2 is 2.19 bits per heavy atom. The lowest BCUT2D eigenvalue weighted by Crippen LogP contribution is -2.43. The van der Waals surface area contributed by atoms with Crippen LogP contribution in [0.5, 0.6) is 0 Å². The summed E-state index contributed by atoms with van der Waals surface area (Å²) < 4.78 is 0. The molecule has 0 radical (unpaired) electrons. The van der Waals surface area contributed by atoms with Crippen LogP contribution in [0, 0.1) is 0 Å². The minimum Gasteiger partial charge on any atom is -0.477 e. The van der Waals surface area contributed by atoms with Crippen LogP contribution < -0.4 is 5.73 Å². The molecule has 86 valence electrons. The largest absolute Gasteiger partial charge is 0.477 e. The van der Waals surface area contributed by atoms with Crippen molar-refractivity contribution in [3.8, 4) is 0 Å². The van der Waals surface area contributed by atoms with Gasteiger partial charge in [0.1, 0.15) is 9.88 Å². The molecule has 0 bridgehead atoms. The summed E-state index contributed by atoms with van der Waals surface area (Å²) in [5.74, 6) is -0.478. The predicted molar refractivity (Wildman–Crippen MR) is 60.8 cm³/mol. The molecule has 0 saturated heterocycles. The maximum atomic E-state index is 11.1. The van der Waals surface area contributed by atoms with Crippen molar-refractivity contribution in [2.45, 2.75) is 43.6 Å². The van der Waals surface area contributed by atoms with Crippen LogP contribution in [-0.4, -0.2) is 16.1 Å². The predicted octanol–water partition coefficient (Wildman–Crippen LogP) is 2.06. The highest BCUT2D eigenvalue weighted by molar-refractivity contribution is 7.13. The molecule has 3 N–H and O–H groups in total. The average Bonchev–Trinajstić information content (AvgIpc) is 2.93. The number of hydrogen-bond acceptors (Lipinski definition) is 4. The van der Waals surface area contributed by atoms with E-state index in [9.17, 15) is 4.79 Å². The number of nitrogens with two attached hydrogens (primary N) is 1. The van der Waals surface area contributed by atoms with Gasteiger partial charge in [-0.3, -0.25) is 0 Å². The van der Waals surface area contributed by atoms with Gasteiger partial charge in [0.25, 0.3) is 0 Å². The molecule has 1 aromatic heterocycles. The second-order valence-corrected chi connectivity index (χ2v) is 5.82. The molecule has 1 heterocycles. The zero-order chi connectivity index (χ0) is 11.3. The number of hydrogen-bond donors (Lipinski definition) is 2. The summed E-state index contributed by atoms with van der Waals surface area (Å²) in [7, 11) is 0. The summed E-state index contributed by atoms with van der Waals surface area (Å²) in [5, 5.41) is 9.97. The monoisotopic (exact) mass is 238 g/mol. The highest BCUT2D eigenvalue weighted by atomic mass is 32.1. The second-order valence-electron chi connectivity index (χ2n) is 4.82. The molecule has 0 aliphatic heterocycles. The molecule has 0 aromatic carbocycles. The third-order valence-electron chi connectivity index (χ3n) is 3.48. The average molecular weight is 238 g/mol. The number of thiazole rings is 1. The van der Waals surface area contributed by atoms with Gasteiger partial charge in [-0.2, -0.15) is 0 Å². The quantitative estimate of drug-likeness (QED) is 0.845. The summed E-state index contributed by atoms with van der Waals surface area (Å²) in [6.45, 7) is 0. The van der Waals surface area contributed by atoms with Crippen LogP contribution in [0.15, 0.2) is 0 Å². The van der Waals surface area contributed by atoms with Crippen molar-refractivity contribution in [3.63, 3.8) is 0 Å². The summed E-state index contributed by atoms with van der Waals surface area (Å²) >= 11 is 1.28. The van der Waals surface area contributed by atoms with Gasteiger partial charge in [-0.1, -0.05) is 0 Å². The molecule has 2 saturated carbocycles. The van der Waals surface area contributed by atoms with Crippen LogP contribution in [0.25, 0.3) is 0 Å². The third-order valence-corrected chi connectivity index (χ3v) is 4.76. The van der Waals surface area contributed by atoms with Crippen molar-refractivity contribution < 1.29 is 9.90 Å². The maximum Gasteiger partial charge on any atom is 0.347 e. The van der Waals surface area contributed by atoms with Crippen molar-refractivity contribution in [2.24, 2.45) is 5.73 Å². The van der Waals surface area contributed by atoms with E-state index in [1.165, 1.54) is 11.3 Å². The molecular formula is C11H14N2O2S. The summed E-state index contributed by atoms with van der Waals surface area (Å²) in [6.07, 6.45) is 5.13. The molecule has 0 amide bonds. The Bertz CT molecular complexity index is 447. The van der Waals surface area contributed by atoms with Gasteiger partial charge in [0.2, 0.25) is 0 Å².